The number of hydrogen-bond acceptors (Lipinski definition) is 4. The van der Waals surface area contributed by atoms with Crippen molar-refractivity contribution in [3.05, 3.63) is 94.0 Å². The first-order valence-corrected chi connectivity index (χ1v) is 10.6. The van der Waals surface area contributed by atoms with Crippen molar-refractivity contribution in [2.24, 2.45) is 7.05 Å². The Morgan fingerprint density at radius 2 is 1.54 bits per heavy atom. The Balaban J connectivity index is 1.88. The Bertz CT molecular complexity index is 1510. The number of aromatic nitrogens is 2. The van der Waals surface area contributed by atoms with E-state index < -0.39 is 52.5 Å². The average molecular weight is 519 g/mol. The predicted molar refractivity (Wildman–Crippen MR) is 124 cm³/mol. The first kappa shape index (κ1) is 25.5. The fourth-order valence-electron chi connectivity index (χ4n) is 3.77. The molecule has 1 N–H and O–H groups in total. The van der Waals surface area contributed by atoms with Gasteiger partial charge in [-0.25, -0.2) is 17.9 Å². The van der Waals surface area contributed by atoms with E-state index in [0.717, 1.165) is 51.8 Å². The number of halogens is 5. The highest BCUT2D eigenvalue weighted by atomic mass is 19.3. The Morgan fingerprint density at radius 3 is 2.11 bits per heavy atom. The Labute approximate surface area is 206 Å². The number of nitrogens with zero attached hydrogens (tertiary/aromatic N) is 2. The maximum absolute atomic E-state index is 15.1. The van der Waals surface area contributed by atoms with Crippen LogP contribution in [0, 0.1) is 17.5 Å². The second-order valence-corrected chi connectivity index (χ2v) is 7.64. The first-order chi connectivity index (χ1) is 17.6. The topological polar surface area (TPSA) is 74.5 Å². The van der Waals surface area contributed by atoms with Gasteiger partial charge in [0.25, 0.3) is 11.5 Å². The molecule has 0 spiro atoms. The summed E-state index contributed by atoms with van der Waals surface area (Å²) < 4.78 is 80.5. The highest BCUT2D eigenvalue weighted by Gasteiger charge is 2.28. The fraction of sp³-hybridized carbons (Fsp3) is 0.120. The zero-order valence-electron chi connectivity index (χ0n) is 19.3. The SMILES string of the molecule is COc1cc(F)c(-c2c(NC(=O)c3ccc(OC(F)F)cc3)c(=O)n(-c3ccccc3F)n2C)c(F)c1. The number of para-hydroxylation sites is 1. The van der Waals surface area contributed by atoms with Crippen molar-refractivity contribution in [3.8, 4) is 28.4 Å². The molecule has 7 nitrogen and oxygen atoms in total. The fourth-order valence-corrected chi connectivity index (χ4v) is 3.77. The van der Waals surface area contributed by atoms with E-state index in [1.807, 2.05) is 0 Å². The van der Waals surface area contributed by atoms with Gasteiger partial charge in [-0.15, -0.1) is 0 Å². The molecule has 0 saturated carbocycles. The van der Waals surface area contributed by atoms with Crippen LogP contribution >= 0.6 is 0 Å². The van der Waals surface area contributed by atoms with Gasteiger partial charge in [0.1, 0.15) is 46.0 Å². The van der Waals surface area contributed by atoms with Gasteiger partial charge in [0.2, 0.25) is 0 Å². The second-order valence-electron chi connectivity index (χ2n) is 7.64. The van der Waals surface area contributed by atoms with E-state index in [9.17, 15) is 22.8 Å². The molecule has 0 radical (unpaired) electrons. The molecule has 1 aromatic heterocycles. The lowest BCUT2D eigenvalue weighted by Gasteiger charge is -2.13. The van der Waals surface area contributed by atoms with Crippen LogP contribution < -0.4 is 20.3 Å². The molecule has 37 heavy (non-hydrogen) atoms. The Hall–Kier alpha value is -4.61. The molecule has 1 heterocycles. The van der Waals surface area contributed by atoms with Gasteiger partial charge in [-0.3, -0.25) is 14.3 Å². The van der Waals surface area contributed by atoms with Crippen molar-refractivity contribution in [3.63, 3.8) is 0 Å². The van der Waals surface area contributed by atoms with E-state index in [2.05, 4.69) is 10.1 Å². The molecule has 3 aromatic carbocycles. The smallest absolute Gasteiger partial charge is 0.387 e. The van der Waals surface area contributed by atoms with Crippen LogP contribution in [0.4, 0.5) is 27.6 Å². The lowest BCUT2D eigenvalue weighted by atomic mass is 10.1. The zero-order chi connectivity index (χ0) is 26.9. The maximum Gasteiger partial charge on any atom is 0.387 e. The number of rotatable bonds is 7. The predicted octanol–water partition coefficient (Wildman–Crippen LogP) is 5.12. The summed E-state index contributed by atoms with van der Waals surface area (Å²) in [6.45, 7) is -3.07. The molecule has 0 fully saturated rings. The number of hydrogen-bond donors (Lipinski definition) is 1. The van der Waals surface area contributed by atoms with Gasteiger partial charge in [0.15, 0.2) is 0 Å². The third-order valence-corrected chi connectivity index (χ3v) is 5.42. The van der Waals surface area contributed by atoms with Gasteiger partial charge in [-0.1, -0.05) is 12.1 Å². The van der Waals surface area contributed by atoms with Crippen LogP contribution in [-0.4, -0.2) is 29.0 Å². The van der Waals surface area contributed by atoms with Crippen LogP contribution in [0.5, 0.6) is 11.5 Å². The van der Waals surface area contributed by atoms with Crippen molar-refractivity contribution in [2.75, 3.05) is 12.4 Å². The number of amides is 1. The summed E-state index contributed by atoms with van der Waals surface area (Å²) in [6.07, 6.45) is 0. The zero-order valence-corrected chi connectivity index (χ0v) is 19.3. The van der Waals surface area contributed by atoms with Gasteiger partial charge in [-0.2, -0.15) is 8.78 Å². The number of benzene rings is 3. The van der Waals surface area contributed by atoms with Crippen molar-refractivity contribution in [2.45, 2.75) is 6.61 Å². The van der Waals surface area contributed by atoms with E-state index in [-0.39, 0.29) is 22.7 Å². The van der Waals surface area contributed by atoms with Gasteiger partial charge in [-0.05, 0) is 36.4 Å². The van der Waals surface area contributed by atoms with E-state index in [4.69, 9.17) is 4.74 Å². The molecule has 0 saturated heterocycles. The first-order valence-electron chi connectivity index (χ1n) is 10.6. The molecule has 0 aliphatic carbocycles. The summed E-state index contributed by atoms with van der Waals surface area (Å²) in [5, 5.41) is 2.32. The minimum Gasteiger partial charge on any atom is -0.497 e. The number of alkyl halides is 2. The van der Waals surface area contributed by atoms with Crippen molar-refractivity contribution in [1.82, 2.24) is 9.36 Å². The summed E-state index contributed by atoms with van der Waals surface area (Å²) in [4.78, 5) is 26.4. The van der Waals surface area contributed by atoms with E-state index in [0.29, 0.717) is 0 Å². The standard InChI is InChI=1S/C25H18F5N3O4/c1-32-22(20-17(27)11-15(36-2)12-18(20)28)21(24(35)33(32)19-6-4-3-5-16(19)26)31-23(34)13-7-9-14(10-8-13)37-25(29)30/h3-12,25H,1-2H3,(H,31,34). The molecule has 4 aromatic rings. The molecule has 0 aliphatic rings. The molecule has 4 rings (SSSR count). The van der Waals surface area contributed by atoms with Crippen molar-refractivity contribution in [1.29, 1.82) is 0 Å². The van der Waals surface area contributed by atoms with Crippen LogP contribution in [0.25, 0.3) is 16.9 Å². The molecule has 0 atom stereocenters. The average Bonchev–Trinajstić information content (AvgIpc) is 3.08. The highest BCUT2D eigenvalue weighted by molar-refractivity contribution is 6.06. The quantitative estimate of drug-likeness (QED) is 0.344. The summed E-state index contributed by atoms with van der Waals surface area (Å²) in [7, 11) is 2.47. The molecule has 0 bridgehead atoms. The van der Waals surface area contributed by atoms with Crippen LogP contribution in [0.15, 0.2) is 65.5 Å². The van der Waals surface area contributed by atoms with Crippen LogP contribution in [0.1, 0.15) is 10.4 Å². The molecule has 1 amide bonds. The van der Waals surface area contributed by atoms with E-state index in [1.165, 1.54) is 32.4 Å². The van der Waals surface area contributed by atoms with Crippen molar-refractivity contribution < 1.29 is 36.2 Å². The number of carbonyl (C=O) groups excluding carboxylic acids is 1. The maximum atomic E-state index is 15.1. The number of methoxy groups -OCH3 is 1. The molecular formula is C25H18F5N3O4. The number of nitrogens with one attached hydrogen (secondary N) is 1. The van der Waals surface area contributed by atoms with Gasteiger partial charge >= 0.3 is 6.61 Å². The molecule has 0 aliphatic heterocycles. The molecule has 0 unspecified atom stereocenters. The normalized spacial score (nSPS) is 11.0. The lowest BCUT2D eigenvalue weighted by Crippen LogP contribution is -2.23. The van der Waals surface area contributed by atoms with Gasteiger partial charge < -0.3 is 14.8 Å². The third kappa shape index (κ3) is 4.90. The Kier molecular flexibility index (Phi) is 7.00. The van der Waals surface area contributed by atoms with Crippen molar-refractivity contribution >= 4 is 11.6 Å². The summed E-state index contributed by atoms with van der Waals surface area (Å²) >= 11 is 0. The molecule has 12 heteroatoms. The largest absolute Gasteiger partial charge is 0.497 e. The summed E-state index contributed by atoms with van der Waals surface area (Å²) in [5.74, 6) is -4.27. The molecular weight excluding hydrogens is 501 g/mol. The number of carbonyl (C=O) groups is 1. The van der Waals surface area contributed by atoms with E-state index >= 15 is 8.78 Å². The Morgan fingerprint density at radius 1 is 0.919 bits per heavy atom. The highest BCUT2D eigenvalue weighted by Crippen LogP contribution is 2.34. The minimum absolute atomic E-state index is 0.0797. The molecule has 192 valence electrons. The monoisotopic (exact) mass is 519 g/mol. The number of ether oxygens (including phenoxy) is 2. The summed E-state index contributed by atoms with van der Waals surface area (Å²) in [6, 6.07) is 11.5. The van der Waals surface area contributed by atoms with Crippen LogP contribution in [-0.2, 0) is 7.05 Å². The van der Waals surface area contributed by atoms with Crippen LogP contribution in [0.3, 0.4) is 0 Å². The lowest BCUT2D eigenvalue weighted by molar-refractivity contribution is -0.0498. The minimum atomic E-state index is -3.07. The van der Waals surface area contributed by atoms with Gasteiger partial charge in [0, 0.05) is 24.7 Å². The van der Waals surface area contributed by atoms with Crippen LogP contribution in [0.2, 0.25) is 0 Å². The second kappa shape index (κ2) is 10.2. The summed E-state index contributed by atoms with van der Waals surface area (Å²) in [5.41, 5.74) is -2.92. The number of anilines is 1. The van der Waals surface area contributed by atoms with Gasteiger partial charge in [0.05, 0.1) is 12.7 Å². The third-order valence-electron chi connectivity index (χ3n) is 5.42. The van der Waals surface area contributed by atoms with E-state index in [1.54, 1.807) is 0 Å².